The molecular formula is C20H21ClN4O2S. The molecule has 0 heterocycles. The number of thioether (sulfide) groups is 1. The number of para-hydroxylation sites is 1. The number of rotatable bonds is 9. The van der Waals surface area contributed by atoms with Crippen molar-refractivity contribution in [1.82, 2.24) is 5.32 Å². The molecule has 146 valence electrons. The highest BCUT2D eigenvalue weighted by atomic mass is 35.5. The summed E-state index contributed by atoms with van der Waals surface area (Å²) in [7, 11) is 0. The predicted octanol–water partition coefficient (Wildman–Crippen LogP) is 4.15. The van der Waals surface area contributed by atoms with Crippen LogP contribution >= 0.6 is 23.4 Å². The Bertz CT molecular complexity index is 883. The number of carbonyl (C=O) groups excluding carboxylic acids is 2. The number of nitrogens with one attached hydrogen (secondary N) is 3. The molecule has 0 bridgehead atoms. The van der Waals surface area contributed by atoms with Gasteiger partial charge in [0.1, 0.15) is 0 Å². The summed E-state index contributed by atoms with van der Waals surface area (Å²) < 4.78 is 0. The molecule has 0 aromatic heterocycles. The van der Waals surface area contributed by atoms with E-state index in [-0.39, 0.29) is 18.4 Å². The Balaban J connectivity index is 2.04. The lowest BCUT2D eigenvalue weighted by Crippen LogP contribution is -2.27. The van der Waals surface area contributed by atoms with E-state index in [1.165, 1.54) is 11.8 Å². The average Bonchev–Trinajstić information content (AvgIpc) is 2.70. The standard InChI is InChI=1S/C20H21ClN4O2S/c1-2-10-23-20(27)15-8-7-14(21)12-17(15)24-13-19(26)25-16-5-3-4-6-18(16)28-11-9-22/h3-8,12,24H,2,10-11,13H2,1H3,(H,23,27)(H,25,26). The number of nitriles is 1. The van der Waals surface area contributed by atoms with E-state index < -0.39 is 0 Å². The number of amides is 2. The van der Waals surface area contributed by atoms with Crippen LogP contribution in [0.1, 0.15) is 23.7 Å². The molecule has 0 spiro atoms. The number of nitrogens with zero attached hydrogens (tertiary/aromatic N) is 1. The largest absolute Gasteiger partial charge is 0.375 e. The van der Waals surface area contributed by atoms with Crippen LogP contribution < -0.4 is 16.0 Å². The van der Waals surface area contributed by atoms with Crippen molar-refractivity contribution in [1.29, 1.82) is 5.26 Å². The van der Waals surface area contributed by atoms with Crippen LogP contribution in [0.5, 0.6) is 0 Å². The minimum absolute atomic E-state index is 0.0361. The Morgan fingerprint density at radius 3 is 2.71 bits per heavy atom. The van der Waals surface area contributed by atoms with Gasteiger partial charge < -0.3 is 16.0 Å². The maximum Gasteiger partial charge on any atom is 0.253 e. The van der Waals surface area contributed by atoms with E-state index in [0.717, 1.165) is 11.3 Å². The second-order valence-corrected chi connectivity index (χ2v) is 7.24. The zero-order valence-electron chi connectivity index (χ0n) is 15.4. The van der Waals surface area contributed by atoms with Gasteiger partial charge in [0.15, 0.2) is 0 Å². The quantitative estimate of drug-likeness (QED) is 0.534. The van der Waals surface area contributed by atoms with Crippen LogP contribution in [0.2, 0.25) is 5.02 Å². The summed E-state index contributed by atoms with van der Waals surface area (Å²) in [5, 5.41) is 17.8. The van der Waals surface area contributed by atoms with Crippen molar-refractivity contribution in [3.63, 3.8) is 0 Å². The molecule has 0 atom stereocenters. The van der Waals surface area contributed by atoms with Crippen molar-refractivity contribution in [3.8, 4) is 6.07 Å². The summed E-state index contributed by atoms with van der Waals surface area (Å²) >= 11 is 7.39. The number of anilines is 2. The smallest absolute Gasteiger partial charge is 0.253 e. The lowest BCUT2D eigenvalue weighted by molar-refractivity contribution is -0.114. The van der Waals surface area contributed by atoms with E-state index in [1.807, 2.05) is 25.1 Å². The second-order valence-electron chi connectivity index (χ2n) is 5.79. The van der Waals surface area contributed by atoms with Gasteiger partial charge in [0.2, 0.25) is 5.91 Å². The molecule has 0 aliphatic rings. The fraction of sp³-hybridized carbons (Fsp3) is 0.250. The zero-order chi connectivity index (χ0) is 20.4. The summed E-state index contributed by atoms with van der Waals surface area (Å²) in [6.07, 6.45) is 0.827. The van der Waals surface area contributed by atoms with Crippen LogP contribution in [0.3, 0.4) is 0 Å². The van der Waals surface area contributed by atoms with Gasteiger partial charge in [-0.15, -0.1) is 11.8 Å². The molecular weight excluding hydrogens is 396 g/mol. The number of halogens is 1. The van der Waals surface area contributed by atoms with Crippen molar-refractivity contribution in [2.24, 2.45) is 0 Å². The molecule has 0 radical (unpaired) electrons. The minimum Gasteiger partial charge on any atom is -0.375 e. The van der Waals surface area contributed by atoms with Gasteiger partial charge >= 0.3 is 0 Å². The van der Waals surface area contributed by atoms with Crippen LogP contribution in [0, 0.1) is 11.3 Å². The van der Waals surface area contributed by atoms with Crippen molar-refractivity contribution >= 4 is 46.6 Å². The van der Waals surface area contributed by atoms with E-state index in [0.29, 0.717) is 34.3 Å². The molecule has 28 heavy (non-hydrogen) atoms. The fourth-order valence-corrected chi connectivity index (χ4v) is 3.21. The van der Waals surface area contributed by atoms with Crippen molar-refractivity contribution < 1.29 is 9.59 Å². The van der Waals surface area contributed by atoms with Gasteiger partial charge in [-0.2, -0.15) is 5.26 Å². The summed E-state index contributed by atoms with van der Waals surface area (Å²) in [5.74, 6) is -0.200. The third-order valence-electron chi connectivity index (χ3n) is 3.65. The van der Waals surface area contributed by atoms with Gasteiger partial charge in [-0.1, -0.05) is 30.7 Å². The van der Waals surface area contributed by atoms with Crippen molar-refractivity contribution in [2.45, 2.75) is 18.2 Å². The molecule has 2 aromatic carbocycles. The van der Waals surface area contributed by atoms with E-state index >= 15 is 0 Å². The van der Waals surface area contributed by atoms with Crippen LogP contribution in [-0.2, 0) is 4.79 Å². The van der Waals surface area contributed by atoms with Crippen LogP contribution in [0.15, 0.2) is 47.4 Å². The zero-order valence-corrected chi connectivity index (χ0v) is 17.0. The predicted molar refractivity (Wildman–Crippen MR) is 114 cm³/mol. The van der Waals surface area contributed by atoms with E-state index in [4.69, 9.17) is 16.9 Å². The SMILES string of the molecule is CCCNC(=O)c1ccc(Cl)cc1NCC(=O)Nc1ccccc1SCC#N. The first-order valence-corrected chi connectivity index (χ1v) is 10.1. The van der Waals surface area contributed by atoms with E-state index in [9.17, 15) is 9.59 Å². The first kappa shape index (κ1) is 21.6. The summed E-state index contributed by atoms with van der Waals surface area (Å²) in [6, 6.07) is 14.2. The molecule has 0 saturated heterocycles. The topological polar surface area (TPSA) is 94.0 Å². The van der Waals surface area contributed by atoms with Crippen molar-refractivity contribution in [3.05, 3.63) is 53.1 Å². The molecule has 2 aromatic rings. The van der Waals surface area contributed by atoms with Crippen LogP contribution in [0.4, 0.5) is 11.4 Å². The molecule has 2 rings (SSSR count). The summed E-state index contributed by atoms with van der Waals surface area (Å²) in [5.41, 5.74) is 1.56. The van der Waals surface area contributed by atoms with Crippen LogP contribution in [-0.4, -0.2) is 30.7 Å². The Labute approximate surface area is 173 Å². The van der Waals surface area contributed by atoms with Gasteiger partial charge in [-0.05, 0) is 36.8 Å². The highest BCUT2D eigenvalue weighted by Crippen LogP contribution is 2.26. The van der Waals surface area contributed by atoms with Gasteiger partial charge in [0.25, 0.3) is 5.91 Å². The second kappa shape index (κ2) is 11.2. The number of hydrogen-bond acceptors (Lipinski definition) is 5. The van der Waals surface area contributed by atoms with E-state index in [2.05, 4.69) is 22.0 Å². The highest BCUT2D eigenvalue weighted by Gasteiger charge is 2.13. The molecule has 0 aliphatic carbocycles. The van der Waals surface area contributed by atoms with Gasteiger partial charge in [0.05, 0.1) is 29.6 Å². The molecule has 0 aliphatic heterocycles. The molecule has 8 heteroatoms. The Morgan fingerprint density at radius 1 is 1.18 bits per heavy atom. The fourth-order valence-electron chi connectivity index (χ4n) is 2.37. The monoisotopic (exact) mass is 416 g/mol. The minimum atomic E-state index is -0.273. The maximum absolute atomic E-state index is 12.4. The first-order valence-electron chi connectivity index (χ1n) is 8.75. The molecule has 0 saturated carbocycles. The highest BCUT2D eigenvalue weighted by molar-refractivity contribution is 7.99. The van der Waals surface area contributed by atoms with E-state index in [1.54, 1.807) is 24.3 Å². The Morgan fingerprint density at radius 2 is 1.96 bits per heavy atom. The number of hydrogen-bond donors (Lipinski definition) is 3. The number of benzene rings is 2. The molecule has 0 unspecified atom stereocenters. The Kier molecular flexibility index (Phi) is 8.66. The maximum atomic E-state index is 12.4. The molecule has 0 fully saturated rings. The summed E-state index contributed by atoms with van der Waals surface area (Å²) in [4.78, 5) is 25.5. The normalized spacial score (nSPS) is 10.0. The molecule has 3 N–H and O–H groups in total. The van der Waals surface area contributed by atoms with Crippen molar-refractivity contribution in [2.75, 3.05) is 29.5 Å². The Hall–Kier alpha value is -2.69. The lowest BCUT2D eigenvalue weighted by atomic mass is 10.1. The number of carbonyl (C=O) groups is 2. The third kappa shape index (κ3) is 6.48. The average molecular weight is 417 g/mol. The van der Waals surface area contributed by atoms with Gasteiger partial charge in [-0.3, -0.25) is 9.59 Å². The molecule has 2 amide bonds. The first-order chi connectivity index (χ1) is 13.5. The molecule has 6 nitrogen and oxygen atoms in total. The van der Waals surface area contributed by atoms with Gasteiger partial charge in [0, 0.05) is 22.2 Å². The van der Waals surface area contributed by atoms with Crippen LogP contribution in [0.25, 0.3) is 0 Å². The van der Waals surface area contributed by atoms with Gasteiger partial charge in [-0.25, -0.2) is 0 Å². The lowest BCUT2D eigenvalue weighted by Gasteiger charge is -2.14. The third-order valence-corrected chi connectivity index (χ3v) is 4.83. The summed E-state index contributed by atoms with van der Waals surface area (Å²) in [6.45, 7) is 2.50.